The van der Waals surface area contributed by atoms with Crippen molar-refractivity contribution in [3.05, 3.63) is 40.6 Å². The van der Waals surface area contributed by atoms with E-state index in [0.29, 0.717) is 6.42 Å². The van der Waals surface area contributed by atoms with Crippen molar-refractivity contribution in [2.75, 3.05) is 5.32 Å². The molecule has 1 aromatic heterocycles. The van der Waals surface area contributed by atoms with Gasteiger partial charge in [-0.1, -0.05) is 44.2 Å². The van der Waals surface area contributed by atoms with Crippen molar-refractivity contribution in [1.82, 2.24) is 9.78 Å². The number of carbonyl (C=O) groups is 1. The molecule has 1 aliphatic carbocycles. The van der Waals surface area contributed by atoms with Gasteiger partial charge in [-0.15, -0.1) is 0 Å². The molecule has 27 heavy (non-hydrogen) atoms. The Morgan fingerprint density at radius 3 is 2.85 bits per heavy atom. The number of carbonyl (C=O) groups excluding carboxylic acids is 1. The van der Waals surface area contributed by atoms with Crippen LogP contribution in [0.1, 0.15) is 67.3 Å². The number of benzene rings is 1. The number of aryl methyl sites for hydroxylation is 1. The van der Waals surface area contributed by atoms with Crippen molar-refractivity contribution in [3.63, 3.8) is 0 Å². The number of amides is 1. The average molecular weight is 384 g/mol. The zero-order valence-electron chi connectivity index (χ0n) is 16.4. The summed E-state index contributed by atoms with van der Waals surface area (Å²) in [7, 11) is 0. The lowest BCUT2D eigenvalue weighted by Crippen LogP contribution is -2.18. The van der Waals surface area contributed by atoms with Crippen LogP contribution in [0.25, 0.3) is 5.69 Å². The minimum absolute atomic E-state index is 0.131. The van der Waals surface area contributed by atoms with Gasteiger partial charge >= 0.3 is 0 Å². The lowest BCUT2D eigenvalue weighted by molar-refractivity contribution is -0.116. The van der Waals surface area contributed by atoms with Gasteiger partial charge in [0.15, 0.2) is 0 Å². The lowest BCUT2D eigenvalue weighted by Gasteiger charge is -2.21. The zero-order chi connectivity index (χ0) is 18.8. The van der Waals surface area contributed by atoms with Crippen molar-refractivity contribution in [1.29, 1.82) is 0 Å². The van der Waals surface area contributed by atoms with E-state index in [2.05, 4.69) is 37.4 Å². The largest absolute Gasteiger partial charge is 0.310 e. The van der Waals surface area contributed by atoms with Crippen LogP contribution in [0.2, 0.25) is 0 Å². The highest BCUT2D eigenvalue weighted by molar-refractivity contribution is 7.98. The van der Waals surface area contributed by atoms with Crippen LogP contribution in [-0.4, -0.2) is 15.7 Å². The number of thioether (sulfide) groups is 1. The van der Waals surface area contributed by atoms with Gasteiger partial charge in [0.2, 0.25) is 5.91 Å². The molecular formula is C22H29N3OS. The first-order valence-electron chi connectivity index (χ1n) is 10.2. The Balaban J connectivity index is 1.54. The Morgan fingerprint density at radius 2 is 2.04 bits per heavy atom. The highest BCUT2D eigenvalue weighted by Crippen LogP contribution is 2.37. The van der Waals surface area contributed by atoms with E-state index in [1.807, 2.05) is 16.4 Å². The number of nitrogens with zero attached hydrogens (tertiary/aromatic N) is 2. The molecule has 0 atom stereocenters. The number of anilines is 1. The van der Waals surface area contributed by atoms with E-state index in [9.17, 15) is 4.79 Å². The number of hydrogen-bond acceptors (Lipinski definition) is 3. The molecule has 1 saturated carbocycles. The molecule has 4 nitrogen and oxygen atoms in total. The molecular weight excluding hydrogens is 354 g/mol. The molecule has 5 heteroatoms. The summed E-state index contributed by atoms with van der Waals surface area (Å²) in [5, 5.41) is 8.07. The minimum Gasteiger partial charge on any atom is -0.310 e. The first-order chi connectivity index (χ1) is 13.1. The lowest BCUT2D eigenvalue weighted by atomic mass is 9.86. The van der Waals surface area contributed by atoms with Gasteiger partial charge in [-0.3, -0.25) is 4.79 Å². The maximum Gasteiger partial charge on any atom is 0.225 e. The number of aromatic nitrogens is 2. The van der Waals surface area contributed by atoms with Gasteiger partial charge in [0, 0.05) is 23.5 Å². The van der Waals surface area contributed by atoms with Gasteiger partial charge in [-0.05, 0) is 43.4 Å². The van der Waals surface area contributed by atoms with Crippen molar-refractivity contribution < 1.29 is 4.79 Å². The van der Waals surface area contributed by atoms with Crippen molar-refractivity contribution in [2.45, 2.75) is 70.3 Å². The first-order valence-corrected chi connectivity index (χ1v) is 11.3. The molecule has 144 valence electrons. The molecule has 0 saturated heterocycles. The van der Waals surface area contributed by atoms with E-state index in [4.69, 9.17) is 5.10 Å². The summed E-state index contributed by atoms with van der Waals surface area (Å²) >= 11 is 1.87. The highest BCUT2D eigenvalue weighted by atomic mass is 32.2. The molecule has 2 aliphatic rings. The van der Waals surface area contributed by atoms with E-state index in [-0.39, 0.29) is 5.91 Å². The zero-order valence-corrected chi connectivity index (χ0v) is 17.2. The second-order valence-electron chi connectivity index (χ2n) is 7.99. The van der Waals surface area contributed by atoms with Crippen LogP contribution in [0, 0.1) is 19.8 Å². The topological polar surface area (TPSA) is 46.9 Å². The maximum absolute atomic E-state index is 12.7. The summed E-state index contributed by atoms with van der Waals surface area (Å²) in [4.78, 5) is 12.7. The predicted octanol–water partition coefficient (Wildman–Crippen LogP) is 5.53. The SMILES string of the molecule is Cc1cccc(-n2nc3c(c2NC(=O)CCC2CCCCC2)CSC3)c1C. The number of nitrogens with one attached hydrogen (secondary N) is 1. The summed E-state index contributed by atoms with van der Waals surface area (Å²) in [6.45, 7) is 4.25. The molecule has 1 N–H and O–H groups in total. The maximum atomic E-state index is 12.7. The molecule has 0 bridgehead atoms. The molecule has 0 unspecified atom stereocenters. The fourth-order valence-electron chi connectivity index (χ4n) is 4.29. The molecule has 0 radical (unpaired) electrons. The molecule has 1 fully saturated rings. The van der Waals surface area contributed by atoms with E-state index in [1.165, 1.54) is 48.8 Å². The third-order valence-corrected chi connectivity index (χ3v) is 7.09. The Bertz CT molecular complexity index is 836. The number of rotatable bonds is 5. The summed E-state index contributed by atoms with van der Waals surface area (Å²) in [6.07, 6.45) is 8.23. The van der Waals surface area contributed by atoms with Gasteiger partial charge in [0.25, 0.3) is 0 Å². The van der Waals surface area contributed by atoms with Crippen molar-refractivity contribution in [3.8, 4) is 5.69 Å². The number of hydrogen-bond donors (Lipinski definition) is 1. The van der Waals surface area contributed by atoms with Crippen LogP contribution in [0.5, 0.6) is 0 Å². The Labute approximate surface area is 166 Å². The normalized spacial score (nSPS) is 17.1. The molecule has 2 aromatic rings. The Hall–Kier alpha value is -1.75. The first kappa shape index (κ1) is 18.6. The Kier molecular flexibility index (Phi) is 5.58. The van der Waals surface area contributed by atoms with Gasteiger partial charge in [-0.25, -0.2) is 4.68 Å². The van der Waals surface area contributed by atoms with Gasteiger partial charge < -0.3 is 5.32 Å². The van der Waals surface area contributed by atoms with Crippen LogP contribution in [-0.2, 0) is 16.3 Å². The van der Waals surface area contributed by atoms with E-state index in [1.54, 1.807) is 0 Å². The highest BCUT2D eigenvalue weighted by Gasteiger charge is 2.25. The second kappa shape index (κ2) is 8.09. The van der Waals surface area contributed by atoms with Crippen LogP contribution >= 0.6 is 11.8 Å². The Morgan fingerprint density at radius 1 is 1.22 bits per heavy atom. The van der Waals surface area contributed by atoms with E-state index >= 15 is 0 Å². The summed E-state index contributed by atoms with van der Waals surface area (Å²) in [5.74, 6) is 3.61. The number of fused-ring (bicyclic) bond motifs is 1. The molecule has 1 amide bonds. The predicted molar refractivity (Wildman–Crippen MR) is 112 cm³/mol. The quantitative estimate of drug-likeness (QED) is 0.738. The summed E-state index contributed by atoms with van der Waals surface area (Å²) < 4.78 is 1.96. The standard InChI is InChI=1S/C22H29N3OS/c1-15-7-6-10-20(16(15)2)25-22(18-13-27-14-19(18)24-25)23-21(26)12-11-17-8-4-3-5-9-17/h6-7,10,17H,3-5,8-9,11-14H2,1-2H3,(H,23,26). The molecule has 1 aliphatic heterocycles. The van der Waals surface area contributed by atoms with E-state index < -0.39 is 0 Å². The summed E-state index contributed by atoms with van der Waals surface area (Å²) in [6, 6.07) is 6.28. The van der Waals surface area contributed by atoms with Crippen molar-refractivity contribution >= 4 is 23.5 Å². The fraction of sp³-hybridized carbons (Fsp3) is 0.545. The average Bonchev–Trinajstić information content (AvgIpc) is 3.26. The fourth-order valence-corrected chi connectivity index (χ4v) is 5.32. The molecule has 4 rings (SSSR count). The van der Waals surface area contributed by atoms with Gasteiger partial charge in [0.05, 0.1) is 11.4 Å². The van der Waals surface area contributed by atoms with E-state index in [0.717, 1.165) is 41.0 Å². The third-order valence-electron chi connectivity index (χ3n) is 6.12. The summed E-state index contributed by atoms with van der Waals surface area (Å²) in [5.41, 5.74) is 5.84. The third kappa shape index (κ3) is 3.93. The molecule has 0 spiro atoms. The smallest absolute Gasteiger partial charge is 0.225 e. The minimum atomic E-state index is 0.131. The van der Waals surface area contributed by atoms with Crippen LogP contribution in [0.4, 0.5) is 5.82 Å². The van der Waals surface area contributed by atoms with Gasteiger partial charge in [-0.2, -0.15) is 16.9 Å². The van der Waals surface area contributed by atoms with Crippen molar-refractivity contribution in [2.24, 2.45) is 5.92 Å². The van der Waals surface area contributed by atoms with Crippen LogP contribution in [0.15, 0.2) is 18.2 Å². The van der Waals surface area contributed by atoms with Gasteiger partial charge in [0.1, 0.15) is 5.82 Å². The van der Waals surface area contributed by atoms with Crippen LogP contribution in [0.3, 0.4) is 0 Å². The second-order valence-corrected chi connectivity index (χ2v) is 8.97. The molecule has 1 aromatic carbocycles. The monoisotopic (exact) mass is 383 g/mol. The van der Waals surface area contributed by atoms with Crippen LogP contribution < -0.4 is 5.32 Å². The molecule has 2 heterocycles.